The summed E-state index contributed by atoms with van der Waals surface area (Å²) >= 11 is 0.250. The second-order valence-corrected chi connectivity index (χ2v) is 6.14. The van der Waals surface area contributed by atoms with Crippen LogP contribution in [0.25, 0.3) is 11.0 Å². The maximum absolute atomic E-state index is 12.1. The number of H-pyrrole nitrogens is 1. The van der Waals surface area contributed by atoms with Gasteiger partial charge in [-0.15, -0.1) is 0 Å². The van der Waals surface area contributed by atoms with Gasteiger partial charge in [-0.05, 0) is 19.1 Å². The minimum absolute atomic E-state index is 0.195. The van der Waals surface area contributed by atoms with Crippen molar-refractivity contribution < 1.29 is 13.7 Å². The number of ether oxygens (including phenoxy) is 1. The third kappa shape index (κ3) is 3.33. The zero-order valence-corrected chi connectivity index (χ0v) is 15.3. The lowest BCUT2D eigenvalue weighted by Gasteiger charge is -2.15. The number of carbonyl (C=O) groups excluding carboxylic acids is 1. The predicted molar refractivity (Wildman–Crippen MR) is 99.8 cm³/mol. The minimum atomic E-state index is -0.511. The van der Waals surface area contributed by atoms with Crippen LogP contribution < -0.4 is 4.90 Å². The van der Waals surface area contributed by atoms with Crippen molar-refractivity contribution in [3.05, 3.63) is 47.7 Å². The number of imidazole rings is 1. The number of carbonyl (C=O) groups is 1. The van der Waals surface area contributed by atoms with Gasteiger partial charge in [0.1, 0.15) is 22.6 Å². The Labute approximate surface area is 153 Å². The van der Waals surface area contributed by atoms with Crippen LogP contribution in [-0.2, 0) is 16.0 Å². The van der Waals surface area contributed by atoms with Crippen molar-refractivity contribution in [3.8, 4) is 0 Å². The Morgan fingerprint density at radius 2 is 2.04 bits per heavy atom. The lowest BCUT2D eigenvalue weighted by Crippen LogP contribution is -2.21. The summed E-state index contributed by atoms with van der Waals surface area (Å²) in [4.78, 5) is 30.1. The molecule has 3 rings (SSSR count). The third-order valence-corrected chi connectivity index (χ3v) is 4.12. The Kier molecular flexibility index (Phi) is 5.08. The number of hydrogen-bond donors (Lipinski definition) is 1. The number of fused-ring (bicyclic) bond motifs is 1. The second kappa shape index (κ2) is 7.44. The van der Waals surface area contributed by atoms with E-state index in [1.54, 1.807) is 25.9 Å². The molecule has 9 heteroatoms. The maximum atomic E-state index is 12.1. The summed E-state index contributed by atoms with van der Waals surface area (Å²) in [6, 6.07) is 7.46. The molecule has 0 aliphatic heterocycles. The number of benzene rings is 1. The van der Waals surface area contributed by atoms with E-state index in [4.69, 9.17) is 4.74 Å². The Morgan fingerprint density at radius 3 is 2.69 bits per heavy atom. The molecule has 0 saturated heterocycles. The molecule has 0 aliphatic carbocycles. The molecular formula is C17H17N5O3S. The van der Waals surface area contributed by atoms with Crippen molar-refractivity contribution in [1.82, 2.24) is 19.9 Å². The highest BCUT2D eigenvalue weighted by molar-refractivity contribution is 7.67. The van der Waals surface area contributed by atoms with Gasteiger partial charge in [0.15, 0.2) is 16.5 Å². The molecule has 0 unspecified atom stereocenters. The number of anilines is 1. The minimum Gasteiger partial charge on any atom is -0.462 e. The molecular weight excluding hydrogens is 354 g/mol. The zero-order chi connectivity index (χ0) is 18.7. The number of aromatic amines is 1. The van der Waals surface area contributed by atoms with E-state index >= 15 is 0 Å². The van der Waals surface area contributed by atoms with E-state index < -0.39 is 5.97 Å². The van der Waals surface area contributed by atoms with Crippen LogP contribution in [-0.4, -0.2) is 55.7 Å². The SMILES string of the molecule is CCOC(=O)c1cnc(C(=S=O)c2nc3ccccc3[nH]2)nc1N(C)C. The lowest BCUT2D eigenvalue weighted by atomic mass is 10.2. The number of hydrogen-bond acceptors (Lipinski definition) is 7. The molecule has 1 N–H and O–H groups in total. The van der Waals surface area contributed by atoms with Gasteiger partial charge in [0.2, 0.25) is 0 Å². The van der Waals surface area contributed by atoms with Crippen molar-refractivity contribution in [1.29, 1.82) is 0 Å². The fourth-order valence-corrected chi connectivity index (χ4v) is 2.77. The average Bonchev–Trinajstić information content (AvgIpc) is 3.06. The van der Waals surface area contributed by atoms with Gasteiger partial charge < -0.3 is 14.6 Å². The molecule has 8 nitrogen and oxygen atoms in total. The Bertz CT molecular complexity index is 991. The van der Waals surface area contributed by atoms with Crippen LogP contribution in [0.3, 0.4) is 0 Å². The fourth-order valence-electron chi connectivity index (χ4n) is 2.42. The summed E-state index contributed by atoms with van der Waals surface area (Å²) in [5.74, 6) is 0.444. The van der Waals surface area contributed by atoms with Gasteiger partial charge in [0.05, 0.1) is 17.6 Å². The normalized spacial score (nSPS) is 10.6. The maximum Gasteiger partial charge on any atom is 0.343 e. The van der Waals surface area contributed by atoms with Crippen molar-refractivity contribution in [3.63, 3.8) is 0 Å². The quantitative estimate of drug-likeness (QED) is 0.411. The van der Waals surface area contributed by atoms with Gasteiger partial charge in [-0.25, -0.2) is 24.0 Å². The number of aromatic nitrogens is 4. The first-order chi connectivity index (χ1) is 12.5. The largest absolute Gasteiger partial charge is 0.462 e. The number of rotatable bonds is 5. The van der Waals surface area contributed by atoms with E-state index in [1.165, 1.54) is 6.20 Å². The van der Waals surface area contributed by atoms with E-state index in [0.29, 0.717) is 11.6 Å². The molecule has 0 amide bonds. The number of nitrogens with zero attached hydrogens (tertiary/aromatic N) is 4. The standard InChI is InChI=1S/C17H17N5O3S/c1-4-25-17(23)10-9-18-14(21-16(10)22(2)3)13(26-24)15-19-11-7-5-6-8-12(11)20-15/h5-9H,4H2,1-3H3,(H,19,20). The van der Waals surface area contributed by atoms with Gasteiger partial charge in [-0.3, -0.25) is 0 Å². The smallest absolute Gasteiger partial charge is 0.343 e. The Morgan fingerprint density at radius 1 is 1.27 bits per heavy atom. The van der Waals surface area contributed by atoms with E-state index in [0.717, 1.165) is 11.0 Å². The van der Waals surface area contributed by atoms with E-state index in [2.05, 4.69) is 19.9 Å². The summed E-state index contributed by atoms with van der Waals surface area (Å²) in [6.45, 7) is 1.98. The van der Waals surface area contributed by atoms with Crippen LogP contribution in [0.1, 0.15) is 28.9 Å². The van der Waals surface area contributed by atoms with Crippen LogP contribution in [0, 0.1) is 0 Å². The molecule has 0 radical (unpaired) electrons. The van der Waals surface area contributed by atoms with Gasteiger partial charge in [-0.2, -0.15) is 0 Å². The van der Waals surface area contributed by atoms with Gasteiger partial charge in [0.25, 0.3) is 0 Å². The fraction of sp³-hybridized carbons (Fsp3) is 0.235. The highest BCUT2D eigenvalue weighted by atomic mass is 32.1. The Balaban J connectivity index is 2.08. The molecule has 1 aromatic carbocycles. The van der Waals surface area contributed by atoms with Crippen LogP contribution in [0.15, 0.2) is 30.5 Å². The van der Waals surface area contributed by atoms with Crippen molar-refractivity contribution in [2.24, 2.45) is 0 Å². The molecule has 0 spiro atoms. The van der Waals surface area contributed by atoms with Crippen LogP contribution in [0.5, 0.6) is 0 Å². The highest BCUT2D eigenvalue weighted by Gasteiger charge is 2.21. The first-order valence-corrected chi connectivity index (χ1v) is 8.63. The Hall–Kier alpha value is -3.07. The summed E-state index contributed by atoms with van der Waals surface area (Å²) in [5.41, 5.74) is 1.79. The number of para-hydroxylation sites is 2. The molecule has 3 aromatic rings. The molecule has 0 saturated carbocycles. The monoisotopic (exact) mass is 371 g/mol. The molecule has 2 heterocycles. The van der Waals surface area contributed by atoms with Crippen LogP contribution in [0.4, 0.5) is 5.82 Å². The molecule has 134 valence electrons. The first kappa shape index (κ1) is 17.7. The number of nitrogens with one attached hydrogen (secondary N) is 1. The average molecular weight is 371 g/mol. The van der Waals surface area contributed by atoms with Gasteiger partial charge in [-0.1, -0.05) is 12.1 Å². The zero-order valence-electron chi connectivity index (χ0n) is 14.5. The second-order valence-electron chi connectivity index (χ2n) is 5.56. The topological polar surface area (TPSA) is 101 Å². The van der Waals surface area contributed by atoms with E-state index in [-0.39, 0.29) is 34.1 Å². The lowest BCUT2D eigenvalue weighted by molar-refractivity contribution is 0.0526. The molecule has 0 bridgehead atoms. The van der Waals surface area contributed by atoms with Gasteiger partial charge >= 0.3 is 5.97 Å². The van der Waals surface area contributed by atoms with Crippen molar-refractivity contribution in [2.45, 2.75) is 6.92 Å². The first-order valence-electron chi connectivity index (χ1n) is 7.89. The molecule has 2 aromatic heterocycles. The van der Waals surface area contributed by atoms with Crippen molar-refractivity contribution >= 4 is 38.9 Å². The third-order valence-electron chi connectivity index (χ3n) is 3.58. The molecule has 0 aliphatic rings. The van der Waals surface area contributed by atoms with Crippen molar-refractivity contribution in [2.75, 3.05) is 25.6 Å². The van der Waals surface area contributed by atoms with Gasteiger partial charge in [0, 0.05) is 20.3 Å². The van der Waals surface area contributed by atoms with E-state index in [9.17, 15) is 9.00 Å². The number of esters is 1. The molecule has 0 atom stereocenters. The summed E-state index contributed by atoms with van der Waals surface area (Å²) in [5, 5.41) is 0. The summed E-state index contributed by atoms with van der Waals surface area (Å²) < 4.78 is 16.8. The summed E-state index contributed by atoms with van der Waals surface area (Å²) in [7, 11) is 3.50. The predicted octanol–water partition coefficient (Wildman–Crippen LogP) is 1.38. The molecule has 0 fully saturated rings. The molecule has 26 heavy (non-hydrogen) atoms. The van der Waals surface area contributed by atoms with Crippen LogP contribution >= 0.6 is 0 Å². The highest BCUT2D eigenvalue weighted by Crippen LogP contribution is 2.18. The van der Waals surface area contributed by atoms with E-state index in [1.807, 2.05) is 24.3 Å². The summed E-state index contributed by atoms with van der Waals surface area (Å²) in [6.07, 6.45) is 1.37. The van der Waals surface area contributed by atoms with Crippen LogP contribution in [0.2, 0.25) is 0 Å².